The number of likely N-dealkylation sites (N-methyl/N-ethyl adjacent to an activating group) is 1. The van der Waals surface area contributed by atoms with Crippen LogP contribution in [-0.2, 0) is 17.8 Å². The van der Waals surface area contributed by atoms with Crippen molar-refractivity contribution in [2.24, 2.45) is 0 Å². The normalized spacial score (nSPS) is 12.0. The van der Waals surface area contributed by atoms with Gasteiger partial charge in [0, 0.05) is 12.1 Å². The van der Waals surface area contributed by atoms with Crippen LogP contribution in [0.2, 0.25) is 0 Å². The molecule has 2 aromatic carbocycles. The summed E-state index contributed by atoms with van der Waals surface area (Å²) in [5.41, 5.74) is 3.08. The Morgan fingerprint density at radius 1 is 1.13 bits per heavy atom. The molecule has 1 amide bonds. The lowest BCUT2D eigenvalue weighted by molar-refractivity contribution is -0.885. The maximum Gasteiger partial charge on any atom is 0.275 e. The molecule has 0 aliphatic rings. The molecule has 122 valence electrons. The van der Waals surface area contributed by atoms with Gasteiger partial charge in [0.1, 0.15) is 12.4 Å². The summed E-state index contributed by atoms with van der Waals surface area (Å²) in [6.07, 6.45) is 0.509. The van der Waals surface area contributed by atoms with E-state index in [9.17, 15) is 9.18 Å². The summed E-state index contributed by atoms with van der Waals surface area (Å²) in [6, 6.07) is 15.0. The van der Waals surface area contributed by atoms with Gasteiger partial charge in [0.15, 0.2) is 6.54 Å². The van der Waals surface area contributed by atoms with Crippen molar-refractivity contribution in [3.05, 3.63) is 71.0 Å². The zero-order chi connectivity index (χ0) is 16.7. The third-order valence-corrected chi connectivity index (χ3v) is 3.76. The third-order valence-electron chi connectivity index (χ3n) is 3.76. The van der Waals surface area contributed by atoms with Gasteiger partial charge in [-0.25, -0.2) is 4.39 Å². The number of halogens is 1. The van der Waals surface area contributed by atoms with E-state index >= 15 is 0 Å². The smallest absolute Gasteiger partial charge is 0.275 e. The van der Waals surface area contributed by atoms with Gasteiger partial charge in [-0.2, -0.15) is 0 Å². The fourth-order valence-corrected chi connectivity index (χ4v) is 2.49. The minimum Gasteiger partial charge on any atom is -0.351 e. The van der Waals surface area contributed by atoms with E-state index in [0.717, 1.165) is 11.4 Å². The molecule has 0 aliphatic carbocycles. The molecule has 0 radical (unpaired) electrons. The monoisotopic (exact) mass is 315 g/mol. The summed E-state index contributed by atoms with van der Waals surface area (Å²) in [5.74, 6) is -0.227. The highest BCUT2D eigenvalue weighted by atomic mass is 19.1. The molecule has 0 saturated carbocycles. The van der Waals surface area contributed by atoms with Gasteiger partial charge >= 0.3 is 0 Å². The largest absolute Gasteiger partial charge is 0.351 e. The second kappa shape index (κ2) is 8.44. The number of rotatable bonds is 7. The SMILES string of the molecule is Cc1ccc(C[NH+](C)CC(=O)NCCc2ccccc2F)cc1. The summed E-state index contributed by atoms with van der Waals surface area (Å²) in [4.78, 5) is 13.1. The fraction of sp³-hybridized carbons (Fsp3) is 0.316. The molecule has 23 heavy (non-hydrogen) atoms. The van der Waals surface area contributed by atoms with Crippen molar-refractivity contribution in [3.8, 4) is 0 Å². The summed E-state index contributed by atoms with van der Waals surface area (Å²) in [6.45, 7) is 3.73. The van der Waals surface area contributed by atoms with Gasteiger partial charge < -0.3 is 10.2 Å². The summed E-state index contributed by atoms with van der Waals surface area (Å²) in [5, 5.41) is 2.86. The van der Waals surface area contributed by atoms with Crippen LogP contribution in [0.15, 0.2) is 48.5 Å². The molecule has 2 rings (SSSR count). The third kappa shape index (κ3) is 5.83. The van der Waals surface area contributed by atoms with Gasteiger partial charge in [0.2, 0.25) is 0 Å². The topological polar surface area (TPSA) is 33.5 Å². The number of hydrogen-bond acceptors (Lipinski definition) is 1. The first-order valence-corrected chi connectivity index (χ1v) is 7.91. The Morgan fingerprint density at radius 3 is 2.52 bits per heavy atom. The van der Waals surface area contributed by atoms with E-state index in [-0.39, 0.29) is 11.7 Å². The van der Waals surface area contributed by atoms with Gasteiger partial charge in [0.05, 0.1) is 7.05 Å². The lowest BCUT2D eigenvalue weighted by atomic mass is 10.1. The molecule has 0 bridgehead atoms. The Morgan fingerprint density at radius 2 is 1.83 bits per heavy atom. The van der Waals surface area contributed by atoms with E-state index in [4.69, 9.17) is 0 Å². The standard InChI is InChI=1S/C19H23FN2O/c1-15-7-9-16(10-8-15)13-22(2)14-19(23)21-12-11-17-5-3-4-6-18(17)20/h3-10H,11-14H2,1-2H3,(H,21,23)/p+1. The second-order valence-electron chi connectivity index (χ2n) is 5.99. The van der Waals surface area contributed by atoms with Gasteiger partial charge in [-0.15, -0.1) is 0 Å². The van der Waals surface area contributed by atoms with Crippen molar-refractivity contribution in [3.63, 3.8) is 0 Å². The Balaban J connectivity index is 1.71. The molecule has 0 aliphatic heterocycles. The van der Waals surface area contributed by atoms with E-state index in [1.165, 1.54) is 17.2 Å². The van der Waals surface area contributed by atoms with E-state index in [1.807, 2.05) is 7.05 Å². The van der Waals surface area contributed by atoms with Crippen LogP contribution in [0, 0.1) is 12.7 Å². The first kappa shape index (κ1) is 17.2. The number of carbonyl (C=O) groups is 1. The van der Waals surface area contributed by atoms with Gasteiger partial charge in [-0.05, 0) is 25.0 Å². The van der Waals surface area contributed by atoms with Gasteiger partial charge in [-0.3, -0.25) is 4.79 Å². The van der Waals surface area contributed by atoms with E-state index in [2.05, 4.69) is 36.5 Å². The lowest BCUT2D eigenvalue weighted by Crippen LogP contribution is -3.08. The first-order valence-electron chi connectivity index (χ1n) is 7.91. The molecule has 1 unspecified atom stereocenters. The Labute approximate surface area is 137 Å². The number of amides is 1. The van der Waals surface area contributed by atoms with Crippen LogP contribution < -0.4 is 10.2 Å². The molecular weight excluding hydrogens is 291 g/mol. The van der Waals surface area contributed by atoms with Crippen LogP contribution in [0.3, 0.4) is 0 Å². The van der Waals surface area contributed by atoms with Crippen molar-refractivity contribution in [1.82, 2.24) is 5.32 Å². The molecule has 1 atom stereocenters. The van der Waals surface area contributed by atoms with E-state index in [0.29, 0.717) is 25.1 Å². The fourth-order valence-electron chi connectivity index (χ4n) is 2.49. The van der Waals surface area contributed by atoms with Crippen molar-refractivity contribution in [1.29, 1.82) is 0 Å². The van der Waals surface area contributed by atoms with Gasteiger partial charge in [0.25, 0.3) is 5.91 Å². The van der Waals surface area contributed by atoms with Crippen LogP contribution in [0.1, 0.15) is 16.7 Å². The van der Waals surface area contributed by atoms with Crippen LogP contribution in [0.5, 0.6) is 0 Å². The van der Waals surface area contributed by atoms with Crippen LogP contribution in [0.4, 0.5) is 4.39 Å². The zero-order valence-corrected chi connectivity index (χ0v) is 13.7. The maximum atomic E-state index is 13.5. The Kier molecular flexibility index (Phi) is 6.29. The van der Waals surface area contributed by atoms with Crippen molar-refractivity contribution >= 4 is 5.91 Å². The Bertz CT molecular complexity index is 640. The average Bonchev–Trinajstić information content (AvgIpc) is 2.51. The number of quaternary nitrogens is 1. The zero-order valence-electron chi connectivity index (χ0n) is 13.7. The predicted octanol–water partition coefficient (Wildman–Crippen LogP) is 1.51. The summed E-state index contributed by atoms with van der Waals surface area (Å²) >= 11 is 0. The minimum absolute atomic E-state index is 0.00838. The molecule has 2 N–H and O–H groups in total. The van der Waals surface area contributed by atoms with Crippen LogP contribution >= 0.6 is 0 Å². The van der Waals surface area contributed by atoms with Crippen LogP contribution in [0.25, 0.3) is 0 Å². The number of benzene rings is 2. The van der Waals surface area contributed by atoms with E-state index in [1.54, 1.807) is 18.2 Å². The first-order chi connectivity index (χ1) is 11.0. The molecule has 3 nitrogen and oxygen atoms in total. The predicted molar refractivity (Wildman–Crippen MR) is 89.8 cm³/mol. The molecule has 0 aromatic heterocycles. The van der Waals surface area contributed by atoms with Crippen LogP contribution in [-0.4, -0.2) is 26.0 Å². The Hall–Kier alpha value is -2.20. The number of hydrogen-bond donors (Lipinski definition) is 2. The van der Waals surface area contributed by atoms with E-state index < -0.39 is 0 Å². The highest BCUT2D eigenvalue weighted by Crippen LogP contribution is 2.06. The molecule has 0 spiro atoms. The minimum atomic E-state index is -0.219. The molecular formula is C19H24FN2O+. The summed E-state index contributed by atoms with van der Waals surface area (Å²) < 4.78 is 13.5. The molecule has 0 fully saturated rings. The number of nitrogens with one attached hydrogen (secondary N) is 2. The van der Waals surface area contributed by atoms with Gasteiger partial charge in [-0.1, -0.05) is 48.0 Å². The quantitative estimate of drug-likeness (QED) is 0.798. The highest BCUT2D eigenvalue weighted by Gasteiger charge is 2.10. The lowest BCUT2D eigenvalue weighted by Gasteiger charge is -2.14. The number of carbonyl (C=O) groups excluding carboxylic acids is 1. The van der Waals surface area contributed by atoms with Crippen molar-refractivity contribution < 1.29 is 14.1 Å². The molecule has 0 saturated heterocycles. The molecule has 2 aromatic rings. The molecule has 4 heteroatoms. The molecule has 0 heterocycles. The number of aryl methyl sites for hydroxylation is 1. The average molecular weight is 315 g/mol. The second-order valence-corrected chi connectivity index (χ2v) is 5.99. The van der Waals surface area contributed by atoms with Crippen molar-refractivity contribution in [2.75, 3.05) is 20.1 Å². The summed E-state index contributed by atoms with van der Waals surface area (Å²) in [7, 11) is 2.00. The van der Waals surface area contributed by atoms with Crippen molar-refractivity contribution in [2.45, 2.75) is 19.9 Å². The maximum absolute atomic E-state index is 13.5. The highest BCUT2D eigenvalue weighted by molar-refractivity contribution is 5.76.